The molecule has 2 heterocycles. The predicted octanol–water partition coefficient (Wildman–Crippen LogP) is 3.74. The van der Waals surface area contributed by atoms with E-state index in [1.54, 1.807) is 6.07 Å². The minimum absolute atomic E-state index is 0. The topological polar surface area (TPSA) is 54.0 Å². The van der Waals surface area contributed by atoms with Crippen molar-refractivity contribution in [2.24, 2.45) is 0 Å². The van der Waals surface area contributed by atoms with E-state index in [-0.39, 0.29) is 36.5 Å². The summed E-state index contributed by atoms with van der Waals surface area (Å²) in [7, 11) is 0. The van der Waals surface area contributed by atoms with E-state index >= 15 is 0 Å². The fourth-order valence-electron chi connectivity index (χ4n) is 3.11. The molecule has 2 N–H and O–H groups in total. The van der Waals surface area contributed by atoms with E-state index in [1.165, 1.54) is 17.7 Å². The first kappa shape index (κ1) is 20.6. The van der Waals surface area contributed by atoms with E-state index in [0.717, 1.165) is 38.0 Å². The second kappa shape index (κ2) is 8.80. The van der Waals surface area contributed by atoms with Gasteiger partial charge in [-0.1, -0.05) is 11.6 Å². The van der Waals surface area contributed by atoms with Gasteiger partial charge in [0.15, 0.2) is 0 Å². The van der Waals surface area contributed by atoms with Gasteiger partial charge in [0.1, 0.15) is 5.82 Å². The van der Waals surface area contributed by atoms with Crippen molar-refractivity contribution in [1.82, 2.24) is 15.6 Å². The van der Waals surface area contributed by atoms with Crippen LogP contribution in [0.3, 0.4) is 0 Å². The molecule has 0 spiro atoms. The summed E-state index contributed by atoms with van der Waals surface area (Å²) in [5.41, 5.74) is 3.39. The van der Waals surface area contributed by atoms with Gasteiger partial charge < -0.3 is 10.6 Å². The quantitative estimate of drug-likeness (QED) is 0.772. The first-order valence-corrected chi connectivity index (χ1v) is 8.48. The van der Waals surface area contributed by atoms with Crippen LogP contribution in [0.25, 0.3) is 10.9 Å². The summed E-state index contributed by atoms with van der Waals surface area (Å²) in [6, 6.07) is 6.29. The largest absolute Gasteiger partial charge is 0.348 e. The van der Waals surface area contributed by atoms with Crippen molar-refractivity contribution in [3.05, 3.63) is 53.0 Å². The molecule has 7 heteroatoms. The third-order valence-corrected chi connectivity index (χ3v) is 4.66. The Balaban J connectivity index is 0.00000121. The molecule has 0 radical (unpaired) electrons. The van der Waals surface area contributed by atoms with Gasteiger partial charge in [0.25, 0.3) is 5.91 Å². The van der Waals surface area contributed by atoms with Gasteiger partial charge in [0.2, 0.25) is 0 Å². The van der Waals surface area contributed by atoms with Crippen LogP contribution in [0.2, 0.25) is 0 Å². The average molecular weight is 398 g/mol. The number of hydrogen-bond acceptors (Lipinski definition) is 3. The van der Waals surface area contributed by atoms with E-state index in [2.05, 4.69) is 21.7 Å². The van der Waals surface area contributed by atoms with Gasteiger partial charge >= 0.3 is 0 Å². The standard InChI is InChI=1S/C19H20FN3O.2ClH/c20-14-3-4-17-15(9-14)16(10-18(23-17)13-1-2-13)19(24)22-11-12-5-7-21-8-6-12;;/h3-5,9-10,13,21H,1-2,6-8,11H2,(H,22,24);2*1H. The Morgan fingerprint density at radius 3 is 2.77 bits per heavy atom. The Morgan fingerprint density at radius 1 is 1.27 bits per heavy atom. The van der Waals surface area contributed by atoms with E-state index in [1.807, 2.05) is 6.07 Å². The van der Waals surface area contributed by atoms with Gasteiger partial charge in [-0.05, 0) is 50.1 Å². The van der Waals surface area contributed by atoms with E-state index in [4.69, 9.17) is 0 Å². The number of fused-ring (bicyclic) bond motifs is 1. The summed E-state index contributed by atoms with van der Waals surface area (Å²) >= 11 is 0. The Labute approximate surface area is 164 Å². The second-order valence-corrected chi connectivity index (χ2v) is 6.53. The number of nitrogens with one attached hydrogen (secondary N) is 2. The lowest BCUT2D eigenvalue weighted by Gasteiger charge is -2.15. The van der Waals surface area contributed by atoms with Crippen LogP contribution in [-0.4, -0.2) is 30.5 Å². The Kier molecular flexibility index (Phi) is 6.98. The highest BCUT2D eigenvalue weighted by atomic mass is 35.5. The van der Waals surface area contributed by atoms with E-state index < -0.39 is 0 Å². The van der Waals surface area contributed by atoms with Crippen LogP contribution >= 0.6 is 24.8 Å². The number of nitrogens with zero attached hydrogens (tertiary/aromatic N) is 1. The van der Waals surface area contributed by atoms with Crippen LogP contribution in [0.1, 0.15) is 41.2 Å². The van der Waals surface area contributed by atoms with Gasteiger partial charge in [0.05, 0.1) is 11.1 Å². The smallest absolute Gasteiger partial charge is 0.252 e. The van der Waals surface area contributed by atoms with E-state index in [9.17, 15) is 9.18 Å². The third kappa shape index (κ3) is 4.53. The van der Waals surface area contributed by atoms with Crippen LogP contribution in [0.5, 0.6) is 0 Å². The molecule has 1 aliphatic heterocycles. The number of aromatic nitrogens is 1. The molecule has 4 rings (SSSR count). The number of amides is 1. The second-order valence-electron chi connectivity index (χ2n) is 6.53. The lowest BCUT2D eigenvalue weighted by atomic mass is 10.0. The molecule has 1 aromatic heterocycles. The molecular formula is C19H22Cl2FN3O. The van der Waals surface area contributed by atoms with Crippen LogP contribution in [0, 0.1) is 5.82 Å². The SMILES string of the molecule is Cl.Cl.O=C(NCC1=CCNCC1)c1cc(C2CC2)nc2ccc(F)cc12. The summed E-state index contributed by atoms with van der Waals surface area (Å²) < 4.78 is 13.7. The molecule has 1 aromatic carbocycles. The molecule has 2 aliphatic rings. The Morgan fingerprint density at radius 2 is 2.08 bits per heavy atom. The number of hydrogen-bond donors (Lipinski definition) is 2. The van der Waals surface area contributed by atoms with Crippen molar-refractivity contribution in [3.8, 4) is 0 Å². The highest BCUT2D eigenvalue weighted by Crippen LogP contribution is 2.40. The van der Waals surface area contributed by atoms with Gasteiger partial charge in [-0.2, -0.15) is 0 Å². The maximum absolute atomic E-state index is 13.7. The molecule has 0 atom stereocenters. The van der Waals surface area contributed by atoms with Crippen molar-refractivity contribution in [1.29, 1.82) is 0 Å². The molecule has 0 saturated heterocycles. The zero-order valence-electron chi connectivity index (χ0n) is 14.3. The molecule has 1 amide bonds. The van der Waals surface area contributed by atoms with Gasteiger partial charge in [-0.15, -0.1) is 24.8 Å². The molecule has 1 aliphatic carbocycles. The Hall–Kier alpha value is -1.69. The molecule has 0 unspecified atom stereocenters. The first-order chi connectivity index (χ1) is 11.7. The maximum atomic E-state index is 13.7. The lowest BCUT2D eigenvalue weighted by molar-refractivity contribution is 0.0958. The minimum Gasteiger partial charge on any atom is -0.348 e. The number of pyridine rings is 1. The Bertz CT molecular complexity index is 837. The average Bonchev–Trinajstić information content (AvgIpc) is 3.45. The fraction of sp³-hybridized carbons (Fsp3) is 0.368. The number of carbonyl (C=O) groups is 1. The van der Waals surface area contributed by atoms with Gasteiger partial charge in [-0.25, -0.2) is 4.39 Å². The summed E-state index contributed by atoms with van der Waals surface area (Å²) in [5.74, 6) is -0.0638. The molecule has 1 saturated carbocycles. The maximum Gasteiger partial charge on any atom is 0.252 e. The lowest BCUT2D eigenvalue weighted by Crippen LogP contribution is -2.29. The van der Waals surface area contributed by atoms with Crippen molar-refractivity contribution in [2.75, 3.05) is 19.6 Å². The highest BCUT2D eigenvalue weighted by molar-refractivity contribution is 6.06. The number of carbonyl (C=O) groups excluding carboxylic acids is 1. The molecule has 0 bridgehead atoms. The molecule has 140 valence electrons. The minimum atomic E-state index is -0.349. The van der Waals surface area contributed by atoms with Crippen LogP contribution < -0.4 is 10.6 Å². The molecule has 4 nitrogen and oxygen atoms in total. The molecule has 2 aromatic rings. The molecule has 26 heavy (non-hydrogen) atoms. The first-order valence-electron chi connectivity index (χ1n) is 8.48. The number of benzene rings is 1. The summed E-state index contributed by atoms with van der Waals surface area (Å²) in [6.07, 6.45) is 5.28. The van der Waals surface area contributed by atoms with Crippen LogP contribution in [0.15, 0.2) is 35.9 Å². The van der Waals surface area contributed by atoms with Gasteiger partial charge in [0, 0.05) is 30.1 Å². The number of rotatable bonds is 4. The van der Waals surface area contributed by atoms with Crippen molar-refractivity contribution in [2.45, 2.75) is 25.2 Å². The molecule has 1 fully saturated rings. The number of halogens is 3. The zero-order chi connectivity index (χ0) is 16.5. The summed E-state index contributed by atoms with van der Waals surface area (Å²) in [6.45, 7) is 2.33. The van der Waals surface area contributed by atoms with Crippen molar-refractivity contribution in [3.63, 3.8) is 0 Å². The molecular weight excluding hydrogens is 376 g/mol. The summed E-state index contributed by atoms with van der Waals surface area (Å²) in [5, 5.41) is 6.81. The van der Waals surface area contributed by atoms with Gasteiger partial charge in [-0.3, -0.25) is 9.78 Å². The van der Waals surface area contributed by atoms with Crippen molar-refractivity contribution < 1.29 is 9.18 Å². The fourth-order valence-corrected chi connectivity index (χ4v) is 3.11. The third-order valence-electron chi connectivity index (χ3n) is 4.66. The monoisotopic (exact) mass is 397 g/mol. The van der Waals surface area contributed by atoms with Crippen LogP contribution in [0.4, 0.5) is 4.39 Å². The van der Waals surface area contributed by atoms with Crippen molar-refractivity contribution >= 4 is 41.6 Å². The van der Waals surface area contributed by atoms with E-state index in [0.29, 0.717) is 28.9 Å². The predicted molar refractivity (Wildman–Crippen MR) is 106 cm³/mol. The summed E-state index contributed by atoms with van der Waals surface area (Å²) in [4.78, 5) is 17.3. The highest BCUT2D eigenvalue weighted by Gasteiger charge is 2.27. The zero-order valence-corrected chi connectivity index (χ0v) is 15.9. The van der Waals surface area contributed by atoms with Crippen LogP contribution in [-0.2, 0) is 0 Å². The normalized spacial score (nSPS) is 16.3.